The summed E-state index contributed by atoms with van der Waals surface area (Å²) in [7, 11) is 0. The summed E-state index contributed by atoms with van der Waals surface area (Å²) in [5, 5.41) is 11.1. The van der Waals surface area contributed by atoms with Gasteiger partial charge in [-0.2, -0.15) is 5.10 Å². The lowest BCUT2D eigenvalue weighted by Crippen LogP contribution is -2.18. The van der Waals surface area contributed by atoms with Crippen molar-refractivity contribution >= 4 is 46.3 Å². The van der Waals surface area contributed by atoms with E-state index in [0.29, 0.717) is 22.4 Å². The Morgan fingerprint density at radius 1 is 1.03 bits per heavy atom. The first kappa shape index (κ1) is 19.6. The summed E-state index contributed by atoms with van der Waals surface area (Å²) in [4.78, 5) is 17.1. The minimum Gasteiger partial charge on any atom is -0.311 e. The zero-order valence-corrected chi connectivity index (χ0v) is 17.5. The van der Waals surface area contributed by atoms with Crippen molar-refractivity contribution in [3.05, 3.63) is 87.5 Å². The van der Waals surface area contributed by atoms with E-state index in [9.17, 15) is 4.79 Å². The van der Waals surface area contributed by atoms with Crippen LogP contribution < -0.4 is 5.32 Å². The number of nitrogens with zero attached hydrogens (tertiary/aromatic N) is 3. The predicted octanol–water partition coefficient (Wildman–Crippen LogP) is 5.54. The first-order chi connectivity index (χ1) is 14.1. The molecule has 0 fully saturated rings. The van der Waals surface area contributed by atoms with Crippen molar-refractivity contribution in [3.8, 4) is 10.6 Å². The second-order valence-electron chi connectivity index (χ2n) is 6.31. The van der Waals surface area contributed by atoms with Crippen LogP contribution >= 0.6 is 34.5 Å². The Kier molecular flexibility index (Phi) is 5.94. The Balaban J connectivity index is 1.44. The van der Waals surface area contributed by atoms with Gasteiger partial charge in [-0.1, -0.05) is 59.6 Å². The van der Waals surface area contributed by atoms with Gasteiger partial charge in [0.2, 0.25) is 5.91 Å². The lowest BCUT2D eigenvalue weighted by Gasteiger charge is -2.11. The Morgan fingerprint density at radius 3 is 2.55 bits per heavy atom. The topological polar surface area (TPSA) is 59.8 Å². The molecule has 0 aliphatic carbocycles. The molecule has 5 nitrogen and oxygen atoms in total. The molecule has 4 rings (SSSR count). The summed E-state index contributed by atoms with van der Waals surface area (Å²) >= 11 is 14.0. The standard InChI is InChI=1S/C21H16Cl2N4OS/c22-17-7-4-8-18(23)16(17)12-27-19(9-10-24-27)26-20(28)11-15-13-29-21(25-15)14-5-2-1-3-6-14/h1-10,13H,11-12H2,(H,26,28). The van der Waals surface area contributed by atoms with Gasteiger partial charge in [-0.25, -0.2) is 9.67 Å². The second kappa shape index (κ2) is 8.78. The van der Waals surface area contributed by atoms with Crippen molar-refractivity contribution in [3.63, 3.8) is 0 Å². The molecule has 146 valence electrons. The average molecular weight is 443 g/mol. The van der Waals surface area contributed by atoms with Gasteiger partial charge >= 0.3 is 0 Å². The zero-order valence-electron chi connectivity index (χ0n) is 15.2. The number of hydrogen-bond donors (Lipinski definition) is 1. The first-order valence-electron chi connectivity index (χ1n) is 8.84. The van der Waals surface area contributed by atoms with E-state index in [4.69, 9.17) is 23.2 Å². The second-order valence-corrected chi connectivity index (χ2v) is 7.98. The summed E-state index contributed by atoms with van der Waals surface area (Å²) < 4.78 is 1.65. The first-order valence-corrected chi connectivity index (χ1v) is 10.5. The molecule has 1 N–H and O–H groups in total. The number of aromatic nitrogens is 3. The number of nitrogens with one attached hydrogen (secondary N) is 1. The number of hydrogen-bond acceptors (Lipinski definition) is 4. The van der Waals surface area contributed by atoms with E-state index in [1.165, 1.54) is 11.3 Å². The highest BCUT2D eigenvalue weighted by atomic mass is 35.5. The maximum atomic E-state index is 12.5. The van der Waals surface area contributed by atoms with E-state index in [-0.39, 0.29) is 12.3 Å². The number of carbonyl (C=O) groups is 1. The van der Waals surface area contributed by atoms with Crippen LogP contribution in [0.15, 0.2) is 66.2 Å². The van der Waals surface area contributed by atoms with Crippen LogP contribution in [0.3, 0.4) is 0 Å². The molecule has 4 aromatic rings. The van der Waals surface area contributed by atoms with Crippen molar-refractivity contribution in [2.45, 2.75) is 13.0 Å². The zero-order chi connectivity index (χ0) is 20.2. The van der Waals surface area contributed by atoms with E-state index in [2.05, 4.69) is 15.4 Å². The third-order valence-corrected chi connectivity index (χ3v) is 5.92. The number of thiazole rings is 1. The highest BCUT2D eigenvalue weighted by Crippen LogP contribution is 2.26. The largest absolute Gasteiger partial charge is 0.311 e. The molecule has 0 saturated carbocycles. The molecule has 0 atom stereocenters. The number of anilines is 1. The van der Waals surface area contributed by atoms with E-state index in [0.717, 1.165) is 21.8 Å². The fourth-order valence-corrected chi connectivity index (χ4v) is 4.19. The van der Waals surface area contributed by atoms with Gasteiger partial charge in [0.1, 0.15) is 10.8 Å². The Hall–Kier alpha value is -2.67. The van der Waals surface area contributed by atoms with Gasteiger partial charge in [0.05, 0.1) is 24.9 Å². The van der Waals surface area contributed by atoms with Crippen LogP contribution in [-0.4, -0.2) is 20.7 Å². The molecule has 2 heterocycles. The number of amides is 1. The molecule has 0 unspecified atom stereocenters. The van der Waals surface area contributed by atoms with Crippen molar-refractivity contribution in [1.29, 1.82) is 0 Å². The van der Waals surface area contributed by atoms with Crippen LogP contribution in [-0.2, 0) is 17.8 Å². The van der Waals surface area contributed by atoms with E-state index < -0.39 is 0 Å². The molecule has 0 spiro atoms. The van der Waals surface area contributed by atoms with E-state index in [1.54, 1.807) is 35.1 Å². The summed E-state index contributed by atoms with van der Waals surface area (Å²) in [6, 6.07) is 17.0. The van der Waals surface area contributed by atoms with Crippen molar-refractivity contribution in [2.24, 2.45) is 0 Å². The van der Waals surface area contributed by atoms with E-state index in [1.807, 2.05) is 35.7 Å². The van der Waals surface area contributed by atoms with Gasteiger partial charge < -0.3 is 5.32 Å². The maximum Gasteiger partial charge on any atom is 0.231 e. The number of rotatable bonds is 6. The molecule has 0 saturated heterocycles. The van der Waals surface area contributed by atoms with Crippen LogP contribution in [0.5, 0.6) is 0 Å². The minimum absolute atomic E-state index is 0.165. The highest BCUT2D eigenvalue weighted by molar-refractivity contribution is 7.13. The Bertz CT molecular complexity index is 1120. The summed E-state index contributed by atoms with van der Waals surface area (Å²) in [5.41, 5.74) is 2.52. The fourth-order valence-electron chi connectivity index (χ4n) is 2.85. The number of halogens is 2. The SMILES string of the molecule is O=C(Cc1csc(-c2ccccc2)n1)Nc1ccnn1Cc1c(Cl)cccc1Cl. The average Bonchev–Trinajstić information content (AvgIpc) is 3.35. The van der Waals surface area contributed by atoms with Gasteiger partial charge in [-0.15, -0.1) is 11.3 Å². The molecule has 0 aliphatic heterocycles. The van der Waals surface area contributed by atoms with Crippen LogP contribution in [0.4, 0.5) is 5.82 Å². The van der Waals surface area contributed by atoms with Crippen molar-refractivity contribution in [1.82, 2.24) is 14.8 Å². The lowest BCUT2D eigenvalue weighted by molar-refractivity contribution is -0.115. The van der Waals surface area contributed by atoms with Gasteiger partial charge in [0.25, 0.3) is 0 Å². The molecular formula is C21H16Cl2N4OS. The number of carbonyl (C=O) groups excluding carboxylic acids is 1. The molecule has 2 aromatic heterocycles. The molecule has 1 amide bonds. The van der Waals surface area contributed by atoms with Crippen LogP contribution in [0, 0.1) is 0 Å². The molecular weight excluding hydrogens is 427 g/mol. The van der Waals surface area contributed by atoms with Crippen molar-refractivity contribution in [2.75, 3.05) is 5.32 Å². The highest BCUT2D eigenvalue weighted by Gasteiger charge is 2.13. The molecule has 8 heteroatoms. The van der Waals surface area contributed by atoms with Gasteiger partial charge in [-0.05, 0) is 12.1 Å². The monoisotopic (exact) mass is 442 g/mol. The van der Waals surface area contributed by atoms with Gasteiger partial charge in [-0.3, -0.25) is 4.79 Å². The maximum absolute atomic E-state index is 12.5. The van der Waals surface area contributed by atoms with Gasteiger partial charge in [0.15, 0.2) is 0 Å². The predicted molar refractivity (Wildman–Crippen MR) is 118 cm³/mol. The molecule has 0 bridgehead atoms. The summed E-state index contributed by atoms with van der Waals surface area (Å²) in [6.07, 6.45) is 1.80. The summed E-state index contributed by atoms with van der Waals surface area (Å²) in [5.74, 6) is 0.409. The van der Waals surface area contributed by atoms with Gasteiger partial charge in [0, 0.05) is 32.6 Å². The summed E-state index contributed by atoms with van der Waals surface area (Å²) in [6.45, 7) is 0.357. The quantitative estimate of drug-likeness (QED) is 0.426. The minimum atomic E-state index is -0.165. The molecule has 2 aromatic carbocycles. The van der Waals surface area contributed by atoms with Crippen LogP contribution in [0.2, 0.25) is 10.0 Å². The van der Waals surface area contributed by atoms with Crippen LogP contribution in [0.1, 0.15) is 11.3 Å². The Labute approximate surface area is 181 Å². The molecule has 0 aliphatic rings. The van der Waals surface area contributed by atoms with Crippen molar-refractivity contribution < 1.29 is 4.79 Å². The van der Waals surface area contributed by atoms with E-state index >= 15 is 0 Å². The third-order valence-electron chi connectivity index (χ3n) is 4.27. The van der Waals surface area contributed by atoms with Crippen LogP contribution in [0.25, 0.3) is 10.6 Å². The molecule has 29 heavy (non-hydrogen) atoms. The third kappa shape index (κ3) is 4.67. The number of benzene rings is 2. The lowest BCUT2D eigenvalue weighted by atomic mass is 10.2. The smallest absolute Gasteiger partial charge is 0.231 e. The molecule has 0 radical (unpaired) electrons. The fraction of sp³-hybridized carbons (Fsp3) is 0.0952. The normalized spacial score (nSPS) is 10.8. The Morgan fingerprint density at radius 2 is 1.79 bits per heavy atom.